The predicted molar refractivity (Wildman–Crippen MR) is 86.6 cm³/mol. The highest BCUT2D eigenvalue weighted by Gasteiger charge is 2.12. The van der Waals surface area contributed by atoms with Crippen LogP contribution in [0.15, 0.2) is 39.4 Å². The lowest BCUT2D eigenvalue weighted by Crippen LogP contribution is -2.15. The number of nitrogens with two attached hydrogens (primary N) is 1. The lowest BCUT2D eigenvalue weighted by molar-refractivity contribution is 0.102. The van der Waals surface area contributed by atoms with Crippen LogP contribution in [0.4, 0.5) is 11.4 Å². The smallest absolute Gasteiger partial charge is 0.274 e. The maximum Gasteiger partial charge on any atom is 0.274 e. The average molecular weight is 400 g/mol. The van der Waals surface area contributed by atoms with Gasteiger partial charge in [0.15, 0.2) is 0 Å². The molecule has 0 aliphatic rings. The number of halogens is 2. The number of carbonyl (C=O) groups is 1. The number of anilines is 2. The van der Waals surface area contributed by atoms with E-state index >= 15 is 0 Å². The monoisotopic (exact) mass is 398 g/mol. The Morgan fingerprint density at radius 3 is 2.40 bits per heavy atom. The molecule has 0 spiro atoms. The van der Waals surface area contributed by atoms with E-state index in [0.29, 0.717) is 17.1 Å². The Balaban J connectivity index is 2.23. The number of carbonyl (C=O) groups excluding carboxylic acids is 1. The van der Waals surface area contributed by atoms with Crippen molar-refractivity contribution in [2.24, 2.45) is 5.84 Å². The predicted octanol–water partition coefficient (Wildman–Crippen LogP) is 3.45. The molecule has 0 saturated carbocycles. The summed E-state index contributed by atoms with van der Waals surface area (Å²) < 4.78 is 1.61. The Morgan fingerprint density at radius 1 is 1.25 bits per heavy atom. The number of benzene rings is 1. The molecule has 0 radical (unpaired) electrons. The van der Waals surface area contributed by atoms with Crippen LogP contribution < -0.4 is 16.6 Å². The standard InChI is InChI=1S/C13H12Br2N4O/c1-7-4-9(14)12(10(15)5-7)18-13(20)11-3-2-8(19-16)6-17-11/h2-6,19H,16H2,1H3,(H,18,20). The normalized spacial score (nSPS) is 10.2. The quantitative estimate of drug-likeness (QED) is 0.545. The Morgan fingerprint density at radius 2 is 1.90 bits per heavy atom. The van der Waals surface area contributed by atoms with Gasteiger partial charge in [-0.25, -0.2) is 4.98 Å². The van der Waals surface area contributed by atoms with Gasteiger partial charge in [-0.1, -0.05) is 0 Å². The maximum absolute atomic E-state index is 12.1. The van der Waals surface area contributed by atoms with Gasteiger partial charge >= 0.3 is 0 Å². The van der Waals surface area contributed by atoms with Gasteiger partial charge in [-0.05, 0) is 68.6 Å². The summed E-state index contributed by atoms with van der Waals surface area (Å²) in [5.41, 5.74) is 5.16. The van der Waals surface area contributed by atoms with Crippen molar-refractivity contribution < 1.29 is 4.79 Å². The van der Waals surface area contributed by atoms with Crippen molar-refractivity contribution in [2.45, 2.75) is 6.92 Å². The van der Waals surface area contributed by atoms with Gasteiger partial charge in [0, 0.05) is 8.95 Å². The molecule has 0 aliphatic carbocycles. The fraction of sp³-hybridized carbons (Fsp3) is 0.0769. The van der Waals surface area contributed by atoms with E-state index in [1.165, 1.54) is 6.20 Å². The van der Waals surface area contributed by atoms with Crippen molar-refractivity contribution in [1.29, 1.82) is 0 Å². The van der Waals surface area contributed by atoms with E-state index in [1.54, 1.807) is 12.1 Å². The second-order valence-electron chi connectivity index (χ2n) is 4.13. The molecule has 2 rings (SSSR count). The lowest BCUT2D eigenvalue weighted by atomic mass is 10.2. The molecule has 0 bridgehead atoms. The summed E-state index contributed by atoms with van der Waals surface area (Å²) in [6.45, 7) is 1.97. The van der Waals surface area contributed by atoms with Crippen LogP contribution in [-0.4, -0.2) is 10.9 Å². The minimum atomic E-state index is -0.293. The van der Waals surface area contributed by atoms with Crippen molar-refractivity contribution >= 4 is 49.1 Å². The largest absolute Gasteiger partial charge is 0.323 e. The molecule has 1 aromatic carbocycles. The van der Waals surface area contributed by atoms with Crippen LogP contribution in [0.2, 0.25) is 0 Å². The number of nitrogens with one attached hydrogen (secondary N) is 2. The summed E-state index contributed by atoms with van der Waals surface area (Å²) in [5.74, 6) is 4.96. The van der Waals surface area contributed by atoms with Crippen molar-refractivity contribution in [3.63, 3.8) is 0 Å². The van der Waals surface area contributed by atoms with Crippen LogP contribution in [0.3, 0.4) is 0 Å². The molecular weight excluding hydrogens is 388 g/mol. The Hall–Kier alpha value is -1.44. The molecule has 20 heavy (non-hydrogen) atoms. The van der Waals surface area contributed by atoms with Crippen LogP contribution in [0, 0.1) is 6.92 Å². The van der Waals surface area contributed by atoms with E-state index in [4.69, 9.17) is 5.84 Å². The fourth-order valence-electron chi connectivity index (χ4n) is 1.61. The van der Waals surface area contributed by atoms with Gasteiger partial charge in [0.2, 0.25) is 0 Å². The highest BCUT2D eigenvalue weighted by atomic mass is 79.9. The maximum atomic E-state index is 12.1. The number of hydrazine groups is 1. The number of pyridine rings is 1. The summed E-state index contributed by atoms with van der Waals surface area (Å²) in [6, 6.07) is 7.13. The second kappa shape index (κ2) is 6.34. The molecule has 5 nitrogen and oxygen atoms in total. The lowest BCUT2D eigenvalue weighted by Gasteiger charge is -2.10. The molecular formula is C13H12Br2N4O. The summed E-state index contributed by atoms with van der Waals surface area (Å²) in [4.78, 5) is 16.2. The number of rotatable bonds is 3. The molecule has 0 unspecified atom stereocenters. The molecule has 0 aliphatic heterocycles. The first-order valence-corrected chi connectivity index (χ1v) is 7.29. The third-order valence-electron chi connectivity index (χ3n) is 2.59. The molecule has 104 valence electrons. The number of aryl methyl sites for hydroxylation is 1. The molecule has 7 heteroatoms. The van der Waals surface area contributed by atoms with Crippen molar-refractivity contribution in [3.05, 3.63) is 50.7 Å². The highest BCUT2D eigenvalue weighted by molar-refractivity contribution is 9.11. The number of amides is 1. The van der Waals surface area contributed by atoms with Gasteiger partial charge in [-0.3, -0.25) is 10.6 Å². The Kier molecular flexibility index (Phi) is 4.74. The average Bonchev–Trinajstić information content (AvgIpc) is 2.42. The Labute approximate surface area is 133 Å². The molecule has 4 N–H and O–H groups in total. The third-order valence-corrected chi connectivity index (χ3v) is 3.84. The zero-order chi connectivity index (χ0) is 14.7. The molecule has 2 aromatic rings. The van der Waals surface area contributed by atoms with E-state index in [2.05, 4.69) is 47.6 Å². The zero-order valence-electron chi connectivity index (χ0n) is 10.6. The van der Waals surface area contributed by atoms with Crippen LogP contribution in [0.1, 0.15) is 16.1 Å². The van der Waals surface area contributed by atoms with Crippen molar-refractivity contribution in [3.8, 4) is 0 Å². The molecule has 0 atom stereocenters. The number of aromatic nitrogens is 1. The van der Waals surface area contributed by atoms with E-state index in [0.717, 1.165) is 14.5 Å². The van der Waals surface area contributed by atoms with Crippen LogP contribution in [-0.2, 0) is 0 Å². The molecule has 1 aromatic heterocycles. The number of hydrogen-bond acceptors (Lipinski definition) is 4. The molecule has 0 saturated heterocycles. The number of hydrogen-bond donors (Lipinski definition) is 3. The van der Waals surface area contributed by atoms with Gasteiger partial charge in [0.1, 0.15) is 5.69 Å². The van der Waals surface area contributed by atoms with Crippen LogP contribution in [0.5, 0.6) is 0 Å². The topological polar surface area (TPSA) is 80.0 Å². The molecule has 1 heterocycles. The van der Waals surface area contributed by atoms with Crippen LogP contribution in [0.25, 0.3) is 0 Å². The number of nitrogens with zero attached hydrogens (tertiary/aromatic N) is 1. The van der Waals surface area contributed by atoms with Crippen molar-refractivity contribution in [2.75, 3.05) is 10.7 Å². The first-order chi connectivity index (χ1) is 9.51. The SMILES string of the molecule is Cc1cc(Br)c(NC(=O)c2ccc(NN)cn2)c(Br)c1. The third kappa shape index (κ3) is 3.36. The first-order valence-electron chi connectivity index (χ1n) is 5.71. The summed E-state index contributed by atoms with van der Waals surface area (Å²) >= 11 is 6.86. The molecule has 0 fully saturated rings. The van der Waals surface area contributed by atoms with E-state index in [-0.39, 0.29) is 5.91 Å². The van der Waals surface area contributed by atoms with Gasteiger partial charge in [0.25, 0.3) is 5.91 Å². The van der Waals surface area contributed by atoms with Gasteiger partial charge in [-0.2, -0.15) is 0 Å². The second-order valence-corrected chi connectivity index (χ2v) is 5.84. The highest BCUT2D eigenvalue weighted by Crippen LogP contribution is 2.32. The molecule has 1 amide bonds. The van der Waals surface area contributed by atoms with Crippen LogP contribution >= 0.6 is 31.9 Å². The van der Waals surface area contributed by atoms with Crippen molar-refractivity contribution in [1.82, 2.24) is 4.98 Å². The van der Waals surface area contributed by atoms with E-state index in [1.807, 2.05) is 19.1 Å². The fourth-order valence-corrected chi connectivity index (χ4v) is 3.22. The number of nitrogen functional groups attached to an aromatic ring is 1. The van der Waals surface area contributed by atoms with Gasteiger partial charge in [0.05, 0.1) is 17.6 Å². The van der Waals surface area contributed by atoms with Gasteiger partial charge in [-0.15, -0.1) is 0 Å². The minimum absolute atomic E-state index is 0.293. The summed E-state index contributed by atoms with van der Waals surface area (Å²) in [5, 5.41) is 2.81. The van der Waals surface area contributed by atoms with E-state index < -0.39 is 0 Å². The van der Waals surface area contributed by atoms with E-state index in [9.17, 15) is 4.79 Å². The zero-order valence-corrected chi connectivity index (χ0v) is 13.7. The summed E-state index contributed by atoms with van der Waals surface area (Å²) in [7, 11) is 0. The minimum Gasteiger partial charge on any atom is -0.323 e. The van der Waals surface area contributed by atoms with Gasteiger partial charge < -0.3 is 10.7 Å². The Bertz CT molecular complexity index is 620. The first kappa shape index (κ1) is 15.0. The summed E-state index contributed by atoms with van der Waals surface area (Å²) in [6.07, 6.45) is 1.49.